The molecule has 1 rings (SSSR count). The minimum absolute atomic E-state index is 0.502. The number of nitrogens with one attached hydrogen (secondary N) is 1. The normalized spacial score (nSPS) is 28.6. The molecular formula is C17H35NS. The van der Waals surface area contributed by atoms with E-state index in [9.17, 15) is 0 Å². The fourth-order valence-electron chi connectivity index (χ4n) is 3.43. The third kappa shape index (κ3) is 5.67. The summed E-state index contributed by atoms with van der Waals surface area (Å²) >= 11 is 2.11. The molecule has 1 fully saturated rings. The highest BCUT2D eigenvalue weighted by Gasteiger charge is 2.37. The summed E-state index contributed by atoms with van der Waals surface area (Å²) in [4.78, 5) is 0. The highest BCUT2D eigenvalue weighted by Crippen LogP contribution is 2.47. The van der Waals surface area contributed by atoms with Gasteiger partial charge in [0.25, 0.3) is 0 Å². The van der Waals surface area contributed by atoms with E-state index in [1.165, 1.54) is 50.2 Å². The Morgan fingerprint density at radius 2 is 1.79 bits per heavy atom. The molecule has 114 valence electrons. The lowest BCUT2D eigenvalue weighted by atomic mass is 9.63. The Kier molecular flexibility index (Phi) is 7.24. The maximum atomic E-state index is 3.63. The molecule has 1 nitrogen and oxygen atoms in total. The molecule has 0 saturated heterocycles. The highest BCUT2D eigenvalue weighted by atomic mass is 32.2. The van der Waals surface area contributed by atoms with Crippen LogP contribution in [0.25, 0.3) is 0 Å². The standard InChI is InChI=1S/C17H35NS/c1-6-18-14-17(12-13-19-7-2)10-8-15(9-11-17)16(3,4)5/h15,18H,6-14H2,1-5H3. The lowest BCUT2D eigenvalue weighted by Crippen LogP contribution is -2.40. The number of hydrogen-bond acceptors (Lipinski definition) is 2. The Balaban J connectivity index is 2.53. The summed E-state index contributed by atoms with van der Waals surface area (Å²) in [7, 11) is 0. The molecule has 1 N–H and O–H groups in total. The van der Waals surface area contributed by atoms with E-state index < -0.39 is 0 Å². The molecule has 0 aliphatic heterocycles. The van der Waals surface area contributed by atoms with Crippen molar-refractivity contribution in [2.24, 2.45) is 16.7 Å². The third-order valence-electron chi connectivity index (χ3n) is 5.00. The van der Waals surface area contributed by atoms with Gasteiger partial charge in [0, 0.05) is 6.54 Å². The van der Waals surface area contributed by atoms with E-state index in [2.05, 4.69) is 51.7 Å². The highest BCUT2D eigenvalue weighted by molar-refractivity contribution is 7.99. The number of hydrogen-bond donors (Lipinski definition) is 1. The Hall–Kier alpha value is 0.310. The lowest BCUT2D eigenvalue weighted by Gasteiger charge is -2.44. The Labute approximate surface area is 125 Å². The zero-order valence-electron chi connectivity index (χ0n) is 13.8. The molecule has 0 aromatic heterocycles. The topological polar surface area (TPSA) is 12.0 Å². The summed E-state index contributed by atoms with van der Waals surface area (Å²) in [6.45, 7) is 14.1. The van der Waals surface area contributed by atoms with Crippen LogP contribution in [0.15, 0.2) is 0 Å². The molecule has 0 aromatic rings. The molecule has 0 radical (unpaired) electrons. The zero-order chi connectivity index (χ0) is 14.4. The molecular weight excluding hydrogens is 250 g/mol. The van der Waals surface area contributed by atoms with Crippen molar-refractivity contribution in [1.82, 2.24) is 5.32 Å². The van der Waals surface area contributed by atoms with Crippen molar-refractivity contribution in [2.75, 3.05) is 24.6 Å². The second-order valence-corrected chi connectivity index (χ2v) is 8.76. The van der Waals surface area contributed by atoms with Gasteiger partial charge >= 0.3 is 0 Å². The van der Waals surface area contributed by atoms with Gasteiger partial charge in [0.05, 0.1) is 0 Å². The molecule has 0 spiro atoms. The van der Waals surface area contributed by atoms with Crippen molar-refractivity contribution >= 4 is 11.8 Å². The Morgan fingerprint density at radius 3 is 2.26 bits per heavy atom. The first-order valence-corrected chi connectivity index (χ1v) is 9.37. The average Bonchev–Trinajstić information content (AvgIpc) is 2.36. The summed E-state index contributed by atoms with van der Waals surface area (Å²) in [5, 5.41) is 3.63. The van der Waals surface area contributed by atoms with Crippen LogP contribution in [-0.2, 0) is 0 Å². The molecule has 2 heteroatoms. The summed E-state index contributed by atoms with van der Waals surface area (Å²) in [6, 6.07) is 0. The van der Waals surface area contributed by atoms with Gasteiger partial charge < -0.3 is 5.32 Å². The average molecular weight is 286 g/mol. The van der Waals surface area contributed by atoms with Crippen LogP contribution in [-0.4, -0.2) is 24.6 Å². The maximum absolute atomic E-state index is 3.63. The zero-order valence-corrected chi connectivity index (χ0v) is 14.7. The maximum Gasteiger partial charge on any atom is 0.000799 e. The van der Waals surface area contributed by atoms with Gasteiger partial charge in [-0.25, -0.2) is 0 Å². The predicted octanol–water partition coefficient (Wildman–Crippen LogP) is 4.96. The van der Waals surface area contributed by atoms with Gasteiger partial charge in [-0.15, -0.1) is 0 Å². The van der Waals surface area contributed by atoms with Crippen molar-refractivity contribution in [1.29, 1.82) is 0 Å². The van der Waals surface area contributed by atoms with Crippen LogP contribution in [0.2, 0.25) is 0 Å². The number of rotatable bonds is 7. The van der Waals surface area contributed by atoms with Gasteiger partial charge in [-0.2, -0.15) is 11.8 Å². The fourth-order valence-corrected chi connectivity index (χ4v) is 4.30. The van der Waals surface area contributed by atoms with Gasteiger partial charge in [-0.3, -0.25) is 0 Å². The largest absolute Gasteiger partial charge is 0.316 e. The lowest BCUT2D eigenvalue weighted by molar-refractivity contribution is 0.0845. The van der Waals surface area contributed by atoms with Crippen molar-refractivity contribution in [3.8, 4) is 0 Å². The van der Waals surface area contributed by atoms with Crippen molar-refractivity contribution in [3.63, 3.8) is 0 Å². The molecule has 0 aromatic carbocycles. The van der Waals surface area contributed by atoms with Gasteiger partial charge in [0.15, 0.2) is 0 Å². The van der Waals surface area contributed by atoms with E-state index in [1.54, 1.807) is 0 Å². The van der Waals surface area contributed by atoms with E-state index >= 15 is 0 Å². The van der Waals surface area contributed by atoms with Crippen LogP contribution < -0.4 is 5.32 Å². The fraction of sp³-hybridized carbons (Fsp3) is 1.00. The van der Waals surface area contributed by atoms with Gasteiger partial charge in [0.2, 0.25) is 0 Å². The third-order valence-corrected chi connectivity index (χ3v) is 5.90. The quantitative estimate of drug-likeness (QED) is 0.663. The second-order valence-electron chi connectivity index (χ2n) is 7.37. The van der Waals surface area contributed by atoms with Crippen LogP contribution in [0.3, 0.4) is 0 Å². The first-order valence-electron chi connectivity index (χ1n) is 8.22. The summed E-state index contributed by atoms with van der Waals surface area (Å²) in [6.07, 6.45) is 7.16. The van der Waals surface area contributed by atoms with Crippen molar-refractivity contribution < 1.29 is 0 Å². The summed E-state index contributed by atoms with van der Waals surface area (Å²) in [5.41, 5.74) is 1.10. The van der Waals surface area contributed by atoms with E-state index in [1.807, 2.05) is 0 Å². The van der Waals surface area contributed by atoms with Crippen LogP contribution in [0.4, 0.5) is 0 Å². The smallest absolute Gasteiger partial charge is 0.000799 e. The first kappa shape index (κ1) is 17.4. The van der Waals surface area contributed by atoms with Gasteiger partial charge in [-0.1, -0.05) is 34.6 Å². The van der Waals surface area contributed by atoms with Crippen molar-refractivity contribution in [2.45, 2.75) is 66.7 Å². The minimum Gasteiger partial charge on any atom is -0.316 e. The molecule has 19 heavy (non-hydrogen) atoms. The molecule has 0 bridgehead atoms. The predicted molar refractivity (Wildman–Crippen MR) is 90.0 cm³/mol. The van der Waals surface area contributed by atoms with Gasteiger partial charge in [0.1, 0.15) is 0 Å². The molecule has 0 amide bonds. The van der Waals surface area contributed by atoms with Crippen LogP contribution in [0, 0.1) is 16.7 Å². The van der Waals surface area contributed by atoms with Crippen LogP contribution >= 0.6 is 11.8 Å². The van der Waals surface area contributed by atoms with E-state index in [0.29, 0.717) is 10.8 Å². The SMILES string of the molecule is CCNCC1(CCSCC)CCC(C(C)(C)C)CC1. The second kappa shape index (κ2) is 7.93. The number of thioether (sulfide) groups is 1. The minimum atomic E-state index is 0.502. The van der Waals surface area contributed by atoms with Gasteiger partial charge in [-0.05, 0) is 66.9 Å². The van der Waals surface area contributed by atoms with Crippen molar-refractivity contribution in [3.05, 3.63) is 0 Å². The molecule has 1 aliphatic rings. The monoisotopic (exact) mass is 285 g/mol. The molecule has 0 unspecified atom stereocenters. The van der Waals surface area contributed by atoms with Crippen LogP contribution in [0.1, 0.15) is 66.7 Å². The molecule has 0 heterocycles. The summed E-state index contributed by atoms with van der Waals surface area (Å²) < 4.78 is 0. The van der Waals surface area contributed by atoms with E-state index in [0.717, 1.165) is 12.5 Å². The summed E-state index contributed by atoms with van der Waals surface area (Å²) in [5.74, 6) is 3.55. The first-order chi connectivity index (χ1) is 8.93. The molecule has 1 saturated carbocycles. The molecule has 0 atom stereocenters. The van der Waals surface area contributed by atoms with E-state index in [4.69, 9.17) is 0 Å². The molecule has 1 aliphatic carbocycles. The Morgan fingerprint density at radius 1 is 1.16 bits per heavy atom. The van der Waals surface area contributed by atoms with E-state index in [-0.39, 0.29) is 0 Å². The Bertz CT molecular complexity index is 236. The van der Waals surface area contributed by atoms with Crippen LogP contribution in [0.5, 0.6) is 0 Å².